The van der Waals surface area contributed by atoms with Crippen LogP contribution in [0.3, 0.4) is 0 Å². The van der Waals surface area contributed by atoms with Crippen LogP contribution in [0.15, 0.2) is 52.9 Å². The van der Waals surface area contributed by atoms with Gasteiger partial charge in [-0.1, -0.05) is 24.3 Å². The standard InChI is InChI=1S/C14H10N2O3S/c17-16(18)11-7-5-10(6-8-11)9-15-12-3-1-2-4-13(12)19-14(15)20/h1-8H,9H2. The highest BCUT2D eigenvalue weighted by Gasteiger charge is 2.08. The van der Waals surface area contributed by atoms with Crippen LogP contribution in [-0.2, 0) is 6.54 Å². The first kappa shape index (κ1) is 12.6. The van der Waals surface area contributed by atoms with Crippen LogP contribution < -0.4 is 0 Å². The van der Waals surface area contributed by atoms with Gasteiger partial charge >= 0.3 is 0 Å². The molecule has 2 aromatic carbocycles. The molecule has 0 unspecified atom stereocenters. The SMILES string of the molecule is O=[N+]([O-])c1ccc(Cn2c(=S)oc3ccccc32)cc1. The Bertz CT molecular complexity index is 833. The molecule has 0 radical (unpaired) electrons. The van der Waals surface area contributed by atoms with E-state index in [4.69, 9.17) is 16.6 Å². The summed E-state index contributed by atoms with van der Waals surface area (Å²) in [7, 11) is 0. The molecular formula is C14H10N2O3S. The Morgan fingerprint density at radius 3 is 2.55 bits per heavy atom. The maximum Gasteiger partial charge on any atom is 0.269 e. The van der Waals surface area contributed by atoms with Gasteiger partial charge in [-0.05, 0) is 29.9 Å². The first-order valence-corrected chi connectivity index (χ1v) is 6.38. The average Bonchev–Trinajstić information content (AvgIpc) is 2.76. The van der Waals surface area contributed by atoms with E-state index in [2.05, 4.69) is 0 Å². The molecule has 0 atom stereocenters. The van der Waals surface area contributed by atoms with Crippen molar-refractivity contribution in [1.29, 1.82) is 0 Å². The van der Waals surface area contributed by atoms with Gasteiger partial charge in [-0.15, -0.1) is 0 Å². The third-order valence-electron chi connectivity index (χ3n) is 3.06. The number of nitrogens with zero attached hydrogens (tertiary/aromatic N) is 2. The lowest BCUT2D eigenvalue weighted by atomic mass is 10.2. The number of hydrogen-bond donors (Lipinski definition) is 0. The summed E-state index contributed by atoms with van der Waals surface area (Å²) in [5.41, 5.74) is 2.66. The third-order valence-corrected chi connectivity index (χ3v) is 3.37. The van der Waals surface area contributed by atoms with Gasteiger partial charge in [0.05, 0.1) is 17.0 Å². The zero-order valence-electron chi connectivity index (χ0n) is 10.4. The minimum atomic E-state index is -0.414. The Balaban J connectivity index is 1.99. The van der Waals surface area contributed by atoms with E-state index in [1.54, 1.807) is 12.1 Å². The number of oxazole rings is 1. The van der Waals surface area contributed by atoms with Gasteiger partial charge in [-0.3, -0.25) is 14.7 Å². The smallest absolute Gasteiger partial charge is 0.269 e. The Morgan fingerprint density at radius 2 is 1.85 bits per heavy atom. The Labute approximate surface area is 119 Å². The fourth-order valence-corrected chi connectivity index (χ4v) is 2.32. The second kappa shape index (κ2) is 4.90. The number of aromatic nitrogens is 1. The van der Waals surface area contributed by atoms with Crippen LogP contribution in [0, 0.1) is 15.0 Å². The summed E-state index contributed by atoms with van der Waals surface area (Å²) in [6.07, 6.45) is 0. The number of benzene rings is 2. The van der Waals surface area contributed by atoms with Crippen molar-refractivity contribution in [2.45, 2.75) is 6.54 Å². The van der Waals surface area contributed by atoms with Crippen molar-refractivity contribution in [3.63, 3.8) is 0 Å². The number of para-hydroxylation sites is 2. The number of rotatable bonds is 3. The van der Waals surface area contributed by atoms with Crippen LogP contribution in [-0.4, -0.2) is 9.49 Å². The Hall–Kier alpha value is -2.47. The lowest BCUT2D eigenvalue weighted by Crippen LogP contribution is -1.99. The highest BCUT2D eigenvalue weighted by atomic mass is 32.1. The summed E-state index contributed by atoms with van der Waals surface area (Å²) in [6.45, 7) is 0.522. The molecule has 0 spiro atoms. The van der Waals surface area contributed by atoms with Crippen LogP contribution in [0.25, 0.3) is 11.1 Å². The first-order valence-electron chi connectivity index (χ1n) is 5.97. The second-order valence-corrected chi connectivity index (χ2v) is 4.69. The van der Waals surface area contributed by atoms with Crippen molar-refractivity contribution in [2.75, 3.05) is 0 Å². The third kappa shape index (κ3) is 2.21. The van der Waals surface area contributed by atoms with E-state index in [1.807, 2.05) is 28.8 Å². The van der Waals surface area contributed by atoms with E-state index in [0.717, 1.165) is 16.7 Å². The molecule has 0 saturated heterocycles. The molecule has 1 aromatic heterocycles. The molecule has 6 heteroatoms. The number of nitro groups is 1. The predicted molar refractivity (Wildman–Crippen MR) is 77.2 cm³/mol. The second-order valence-electron chi connectivity index (χ2n) is 4.35. The van der Waals surface area contributed by atoms with E-state index in [9.17, 15) is 10.1 Å². The molecular weight excluding hydrogens is 276 g/mol. The summed E-state index contributed by atoms with van der Waals surface area (Å²) in [6, 6.07) is 14.0. The van der Waals surface area contributed by atoms with Gasteiger partial charge in [0.1, 0.15) is 0 Å². The topological polar surface area (TPSA) is 61.2 Å². The Kier molecular flexibility index (Phi) is 3.08. The van der Waals surface area contributed by atoms with Gasteiger partial charge in [0.15, 0.2) is 5.58 Å². The zero-order chi connectivity index (χ0) is 14.1. The zero-order valence-corrected chi connectivity index (χ0v) is 11.2. The first-order chi connectivity index (χ1) is 9.65. The molecule has 0 aliphatic heterocycles. The summed E-state index contributed by atoms with van der Waals surface area (Å²) in [5.74, 6) is 0. The molecule has 3 aromatic rings. The maximum atomic E-state index is 10.6. The lowest BCUT2D eigenvalue weighted by molar-refractivity contribution is -0.384. The van der Waals surface area contributed by atoms with E-state index in [0.29, 0.717) is 11.4 Å². The quantitative estimate of drug-likeness (QED) is 0.416. The van der Waals surface area contributed by atoms with Crippen molar-refractivity contribution in [3.8, 4) is 0 Å². The Morgan fingerprint density at radius 1 is 1.15 bits per heavy atom. The number of fused-ring (bicyclic) bond motifs is 1. The van der Waals surface area contributed by atoms with Crippen LogP contribution >= 0.6 is 12.2 Å². The largest absolute Gasteiger partial charge is 0.429 e. The van der Waals surface area contributed by atoms with E-state index in [-0.39, 0.29) is 5.69 Å². The summed E-state index contributed by atoms with van der Waals surface area (Å²) in [5, 5.41) is 10.6. The minimum Gasteiger partial charge on any atom is -0.429 e. The van der Waals surface area contributed by atoms with Crippen LogP contribution in [0.1, 0.15) is 5.56 Å². The fraction of sp³-hybridized carbons (Fsp3) is 0.0714. The van der Waals surface area contributed by atoms with Gasteiger partial charge in [0, 0.05) is 12.1 Å². The van der Waals surface area contributed by atoms with Crippen molar-refractivity contribution in [2.24, 2.45) is 0 Å². The van der Waals surface area contributed by atoms with Crippen LogP contribution in [0.5, 0.6) is 0 Å². The molecule has 100 valence electrons. The molecule has 0 amide bonds. The molecule has 0 aliphatic carbocycles. The molecule has 0 bridgehead atoms. The molecule has 20 heavy (non-hydrogen) atoms. The molecule has 0 aliphatic rings. The van der Waals surface area contributed by atoms with Crippen molar-refractivity contribution in [1.82, 2.24) is 4.57 Å². The molecule has 3 rings (SSSR count). The monoisotopic (exact) mass is 286 g/mol. The number of nitro benzene ring substituents is 1. The molecule has 1 heterocycles. The average molecular weight is 286 g/mol. The molecule has 0 N–H and O–H groups in total. The summed E-state index contributed by atoms with van der Waals surface area (Å²) >= 11 is 5.21. The van der Waals surface area contributed by atoms with Crippen molar-refractivity contribution in [3.05, 3.63) is 69.0 Å². The van der Waals surface area contributed by atoms with Gasteiger partial charge in [-0.2, -0.15) is 0 Å². The van der Waals surface area contributed by atoms with E-state index < -0.39 is 4.92 Å². The van der Waals surface area contributed by atoms with Gasteiger partial charge in [-0.25, -0.2) is 0 Å². The maximum absolute atomic E-state index is 10.6. The summed E-state index contributed by atoms with van der Waals surface area (Å²) < 4.78 is 7.37. The van der Waals surface area contributed by atoms with Gasteiger partial charge < -0.3 is 4.42 Å². The number of non-ortho nitro benzene ring substituents is 1. The summed E-state index contributed by atoms with van der Waals surface area (Å²) in [4.78, 5) is 10.6. The van der Waals surface area contributed by atoms with E-state index in [1.165, 1.54) is 12.1 Å². The molecule has 0 fully saturated rings. The van der Waals surface area contributed by atoms with Gasteiger partial charge in [0.25, 0.3) is 10.5 Å². The van der Waals surface area contributed by atoms with Crippen LogP contribution in [0.2, 0.25) is 0 Å². The fourth-order valence-electron chi connectivity index (χ4n) is 2.07. The highest BCUT2D eigenvalue weighted by molar-refractivity contribution is 7.71. The molecule has 0 saturated carbocycles. The molecule has 5 nitrogen and oxygen atoms in total. The van der Waals surface area contributed by atoms with E-state index >= 15 is 0 Å². The van der Waals surface area contributed by atoms with Crippen molar-refractivity contribution < 1.29 is 9.34 Å². The van der Waals surface area contributed by atoms with Gasteiger partial charge in [0.2, 0.25) is 0 Å². The highest BCUT2D eigenvalue weighted by Crippen LogP contribution is 2.19. The normalized spacial score (nSPS) is 10.8. The van der Waals surface area contributed by atoms with Crippen molar-refractivity contribution >= 4 is 29.0 Å². The predicted octanol–water partition coefficient (Wildman–Crippen LogP) is 3.92. The lowest BCUT2D eigenvalue weighted by Gasteiger charge is -2.03. The minimum absolute atomic E-state index is 0.0781. The number of hydrogen-bond acceptors (Lipinski definition) is 4. The van der Waals surface area contributed by atoms with Crippen LogP contribution in [0.4, 0.5) is 5.69 Å².